The van der Waals surface area contributed by atoms with Crippen molar-refractivity contribution in [2.24, 2.45) is 5.73 Å². The molecule has 1 heterocycles. The summed E-state index contributed by atoms with van der Waals surface area (Å²) in [6, 6.07) is 3.20. The highest BCUT2D eigenvalue weighted by molar-refractivity contribution is 5.96. The maximum atomic E-state index is 11.8. The monoisotopic (exact) mass is 250 g/mol. The molecule has 0 aliphatic carbocycles. The minimum atomic E-state index is -0.482. The summed E-state index contributed by atoms with van der Waals surface area (Å²) in [4.78, 5) is 11.8. The Labute approximate surface area is 106 Å². The summed E-state index contributed by atoms with van der Waals surface area (Å²) >= 11 is 0. The quantitative estimate of drug-likeness (QED) is 0.833. The smallest absolute Gasteiger partial charge is 0.241 e. The van der Waals surface area contributed by atoms with Gasteiger partial charge in [-0.1, -0.05) is 6.92 Å². The highest BCUT2D eigenvalue weighted by atomic mass is 16.5. The number of ether oxygens (including phenoxy) is 2. The summed E-state index contributed by atoms with van der Waals surface area (Å²) in [5, 5.41) is 2.83. The molecule has 1 aromatic carbocycles. The van der Waals surface area contributed by atoms with Crippen LogP contribution in [-0.2, 0) is 4.79 Å². The molecule has 0 saturated heterocycles. The summed E-state index contributed by atoms with van der Waals surface area (Å²) < 4.78 is 10.5. The molecule has 98 valence electrons. The van der Waals surface area contributed by atoms with E-state index in [-0.39, 0.29) is 11.8 Å². The van der Waals surface area contributed by atoms with Crippen LogP contribution in [0, 0.1) is 0 Å². The van der Waals surface area contributed by atoms with Crippen molar-refractivity contribution in [3.8, 4) is 11.5 Å². The fourth-order valence-electron chi connectivity index (χ4n) is 2.25. The molecule has 5 nitrogen and oxygen atoms in total. The minimum Gasteiger partial charge on any atom is -0.493 e. The van der Waals surface area contributed by atoms with Crippen molar-refractivity contribution in [2.75, 3.05) is 19.5 Å². The van der Waals surface area contributed by atoms with E-state index in [0.29, 0.717) is 17.9 Å². The third kappa shape index (κ3) is 2.13. The van der Waals surface area contributed by atoms with Gasteiger partial charge in [0.2, 0.25) is 5.91 Å². The Morgan fingerprint density at radius 3 is 2.50 bits per heavy atom. The maximum Gasteiger partial charge on any atom is 0.241 e. The molecular formula is C13H18N2O3. The van der Waals surface area contributed by atoms with Crippen molar-refractivity contribution in [1.82, 2.24) is 0 Å². The second-order valence-corrected chi connectivity index (χ2v) is 4.53. The second kappa shape index (κ2) is 4.86. The first-order chi connectivity index (χ1) is 8.56. The van der Waals surface area contributed by atoms with Gasteiger partial charge in [-0.05, 0) is 24.0 Å². The number of fused-ring (bicyclic) bond motifs is 1. The van der Waals surface area contributed by atoms with Gasteiger partial charge in [0.1, 0.15) is 0 Å². The molecule has 0 unspecified atom stereocenters. The van der Waals surface area contributed by atoms with Gasteiger partial charge in [-0.2, -0.15) is 0 Å². The number of methoxy groups -OCH3 is 2. The number of amides is 1. The van der Waals surface area contributed by atoms with Crippen LogP contribution < -0.4 is 20.5 Å². The molecule has 2 rings (SSSR count). The molecule has 0 spiro atoms. The first kappa shape index (κ1) is 12.7. The standard InChI is InChI=1S/C13H18N2O3/c1-7-4-9(14)13(16)15-10-6-12(18-3)11(17-2)5-8(7)10/h5-7,9H,4,14H2,1-3H3,(H,15,16)/t7-,9+/m0/s1. The molecule has 1 aromatic rings. The van der Waals surface area contributed by atoms with Gasteiger partial charge in [-0.15, -0.1) is 0 Å². The Bertz CT molecular complexity index is 474. The number of hydrogen-bond donors (Lipinski definition) is 2. The van der Waals surface area contributed by atoms with E-state index in [9.17, 15) is 4.79 Å². The Balaban J connectivity index is 2.51. The average molecular weight is 250 g/mol. The number of nitrogens with one attached hydrogen (secondary N) is 1. The summed E-state index contributed by atoms with van der Waals surface area (Å²) in [5.41, 5.74) is 7.59. The van der Waals surface area contributed by atoms with E-state index < -0.39 is 6.04 Å². The number of rotatable bonds is 2. The van der Waals surface area contributed by atoms with E-state index in [1.807, 2.05) is 13.0 Å². The van der Waals surface area contributed by atoms with E-state index in [0.717, 1.165) is 11.3 Å². The Hall–Kier alpha value is -1.75. The van der Waals surface area contributed by atoms with Gasteiger partial charge >= 0.3 is 0 Å². The highest BCUT2D eigenvalue weighted by Crippen LogP contribution is 2.39. The van der Waals surface area contributed by atoms with Crippen LogP contribution in [-0.4, -0.2) is 26.2 Å². The first-order valence-electron chi connectivity index (χ1n) is 5.89. The molecule has 3 N–H and O–H groups in total. The van der Waals surface area contributed by atoms with Crippen molar-refractivity contribution < 1.29 is 14.3 Å². The summed E-state index contributed by atoms with van der Waals surface area (Å²) in [5.74, 6) is 1.29. The molecule has 1 aliphatic rings. The molecule has 5 heteroatoms. The van der Waals surface area contributed by atoms with Gasteiger partial charge in [0.25, 0.3) is 0 Å². The molecular weight excluding hydrogens is 232 g/mol. The van der Waals surface area contributed by atoms with Gasteiger partial charge in [-0.3, -0.25) is 4.79 Å². The molecule has 2 atom stereocenters. The van der Waals surface area contributed by atoms with Gasteiger partial charge in [0.05, 0.1) is 20.3 Å². The van der Waals surface area contributed by atoms with E-state index in [4.69, 9.17) is 15.2 Å². The predicted octanol–water partition coefficient (Wildman–Crippen LogP) is 1.48. The lowest BCUT2D eigenvalue weighted by molar-refractivity contribution is -0.117. The highest BCUT2D eigenvalue weighted by Gasteiger charge is 2.26. The lowest BCUT2D eigenvalue weighted by atomic mass is 9.94. The largest absolute Gasteiger partial charge is 0.493 e. The average Bonchev–Trinajstić information content (AvgIpc) is 2.46. The molecule has 0 radical (unpaired) electrons. The number of nitrogens with two attached hydrogens (primary N) is 1. The Kier molecular flexibility index (Phi) is 3.43. The van der Waals surface area contributed by atoms with Crippen molar-refractivity contribution in [2.45, 2.75) is 25.3 Å². The van der Waals surface area contributed by atoms with Crippen molar-refractivity contribution in [1.29, 1.82) is 0 Å². The van der Waals surface area contributed by atoms with Gasteiger partial charge in [0.15, 0.2) is 11.5 Å². The zero-order valence-electron chi connectivity index (χ0n) is 10.8. The molecule has 0 aromatic heterocycles. The maximum absolute atomic E-state index is 11.8. The van der Waals surface area contributed by atoms with Crippen LogP contribution in [0.2, 0.25) is 0 Å². The fourth-order valence-corrected chi connectivity index (χ4v) is 2.25. The van der Waals surface area contributed by atoms with Crippen LogP contribution in [0.5, 0.6) is 11.5 Å². The Morgan fingerprint density at radius 2 is 1.89 bits per heavy atom. The van der Waals surface area contributed by atoms with Crippen LogP contribution in [0.25, 0.3) is 0 Å². The zero-order valence-corrected chi connectivity index (χ0v) is 10.8. The number of carbonyl (C=O) groups is 1. The predicted molar refractivity (Wildman–Crippen MR) is 69.2 cm³/mol. The second-order valence-electron chi connectivity index (χ2n) is 4.53. The molecule has 0 saturated carbocycles. The lowest BCUT2D eigenvalue weighted by Gasteiger charge is -2.16. The number of benzene rings is 1. The third-order valence-corrected chi connectivity index (χ3v) is 3.29. The molecule has 1 aliphatic heterocycles. The van der Waals surface area contributed by atoms with E-state index in [1.54, 1.807) is 20.3 Å². The number of hydrogen-bond acceptors (Lipinski definition) is 4. The number of carbonyl (C=O) groups excluding carboxylic acids is 1. The summed E-state index contributed by atoms with van der Waals surface area (Å²) in [7, 11) is 3.16. The van der Waals surface area contributed by atoms with E-state index in [2.05, 4.69) is 5.32 Å². The topological polar surface area (TPSA) is 73.6 Å². The van der Waals surface area contributed by atoms with Crippen molar-refractivity contribution in [3.63, 3.8) is 0 Å². The minimum absolute atomic E-state index is 0.159. The molecule has 0 bridgehead atoms. The van der Waals surface area contributed by atoms with Gasteiger partial charge in [-0.25, -0.2) is 0 Å². The van der Waals surface area contributed by atoms with Crippen molar-refractivity contribution in [3.05, 3.63) is 17.7 Å². The van der Waals surface area contributed by atoms with Crippen LogP contribution in [0.1, 0.15) is 24.8 Å². The lowest BCUT2D eigenvalue weighted by Crippen LogP contribution is -2.34. The fraction of sp³-hybridized carbons (Fsp3) is 0.462. The van der Waals surface area contributed by atoms with Crippen LogP contribution >= 0.6 is 0 Å². The summed E-state index contributed by atoms with van der Waals surface area (Å²) in [6.07, 6.45) is 0.619. The summed E-state index contributed by atoms with van der Waals surface area (Å²) in [6.45, 7) is 2.05. The number of anilines is 1. The molecule has 18 heavy (non-hydrogen) atoms. The van der Waals surface area contributed by atoms with Gasteiger partial charge in [0, 0.05) is 11.8 Å². The Morgan fingerprint density at radius 1 is 1.28 bits per heavy atom. The third-order valence-electron chi connectivity index (χ3n) is 3.29. The molecule has 0 fully saturated rings. The van der Waals surface area contributed by atoms with Crippen LogP contribution in [0.15, 0.2) is 12.1 Å². The van der Waals surface area contributed by atoms with Crippen LogP contribution in [0.4, 0.5) is 5.69 Å². The van der Waals surface area contributed by atoms with Gasteiger partial charge < -0.3 is 20.5 Å². The SMILES string of the molecule is COc1cc2c(cc1OC)[C@@H](C)C[C@@H](N)C(=O)N2. The van der Waals surface area contributed by atoms with E-state index >= 15 is 0 Å². The first-order valence-corrected chi connectivity index (χ1v) is 5.89. The molecule has 1 amide bonds. The zero-order chi connectivity index (χ0) is 13.3. The van der Waals surface area contributed by atoms with Crippen LogP contribution in [0.3, 0.4) is 0 Å². The van der Waals surface area contributed by atoms with Crippen molar-refractivity contribution >= 4 is 11.6 Å². The normalized spacial score (nSPS) is 22.8. The van der Waals surface area contributed by atoms with E-state index in [1.165, 1.54) is 0 Å².